The van der Waals surface area contributed by atoms with Crippen molar-refractivity contribution in [2.24, 2.45) is 10.8 Å². The van der Waals surface area contributed by atoms with Crippen LogP contribution < -0.4 is 11.2 Å². The third kappa shape index (κ3) is 4.47. The first-order valence-corrected chi connectivity index (χ1v) is 11.0. The lowest BCUT2D eigenvalue weighted by Gasteiger charge is -2.12. The lowest BCUT2D eigenvalue weighted by Crippen LogP contribution is -2.26. The SMILES string of the molecule is CCOC(=NNC(N)=O)c1cc(-c2ccc(-c3ccc(C=O)s3)s2)nc2ccccc12. The van der Waals surface area contributed by atoms with Gasteiger partial charge in [-0.05, 0) is 43.3 Å². The number of ether oxygens (including phenoxy) is 1. The molecule has 0 unspecified atom stereocenters. The summed E-state index contributed by atoms with van der Waals surface area (Å²) in [6.45, 7) is 2.20. The normalized spacial score (nSPS) is 11.5. The van der Waals surface area contributed by atoms with E-state index >= 15 is 0 Å². The monoisotopic (exact) mass is 450 g/mol. The fourth-order valence-electron chi connectivity index (χ4n) is 3.05. The molecule has 0 fully saturated rings. The Morgan fingerprint density at radius 3 is 2.61 bits per heavy atom. The van der Waals surface area contributed by atoms with E-state index in [4.69, 9.17) is 15.5 Å². The molecule has 1 aromatic carbocycles. The number of thiophene rings is 2. The number of aromatic nitrogens is 1. The molecular weight excluding hydrogens is 432 g/mol. The first kappa shape index (κ1) is 20.7. The van der Waals surface area contributed by atoms with Crippen molar-refractivity contribution < 1.29 is 14.3 Å². The second kappa shape index (κ2) is 9.07. The number of nitrogens with zero attached hydrogens (tertiary/aromatic N) is 2. The summed E-state index contributed by atoms with van der Waals surface area (Å²) < 4.78 is 5.69. The van der Waals surface area contributed by atoms with Crippen molar-refractivity contribution in [2.45, 2.75) is 6.92 Å². The Morgan fingerprint density at radius 2 is 1.87 bits per heavy atom. The van der Waals surface area contributed by atoms with Crippen LogP contribution in [0.15, 0.2) is 59.7 Å². The van der Waals surface area contributed by atoms with Gasteiger partial charge in [-0.2, -0.15) is 0 Å². The number of nitrogens with one attached hydrogen (secondary N) is 1. The maximum atomic E-state index is 11.2. The lowest BCUT2D eigenvalue weighted by molar-refractivity contribution is 0.112. The zero-order valence-corrected chi connectivity index (χ0v) is 18.1. The van der Waals surface area contributed by atoms with Gasteiger partial charge in [-0.1, -0.05) is 18.2 Å². The molecule has 3 N–H and O–H groups in total. The van der Waals surface area contributed by atoms with E-state index in [1.807, 2.05) is 61.5 Å². The fraction of sp³-hybridized carbons (Fsp3) is 0.0909. The minimum Gasteiger partial charge on any atom is -0.477 e. The molecular formula is C22H18N4O3S2. The van der Waals surface area contributed by atoms with Gasteiger partial charge in [0.05, 0.1) is 27.6 Å². The zero-order valence-electron chi connectivity index (χ0n) is 16.5. The number of primary amides is 1. The molecule has 156 valence electrons. The maximum absolute atomic E-state index is 11.2. The van der Waals surface area contributed by atoms with Crippen molar-refractivity contribution in [1.29, 1.82) is 0 Å². The lowest BCUT2D eigenvalue weighted by atomic mass is 10.1. The minimum atomic E-state index is -0.774. The smallest absolute Gasteiger partial charge is 0.332 e. The van der Waals surface area contributed by atoms with Crippen molar-refractivity contribution in [3.05, 3.63) is 65.0 Å². The number of hydrazone groups is 1. The van der Waals surface area contributed by atoms with E-state index in [1.54, 1.807) is 11.3 Å². The van der Waals surface area contributed by atoms with Gasteiger partial charge in [-0.15, -0.1) is 27.8 Å². The number of aldehydes is 1. The molecule has 0 saturated carbocycles. The Morgan fingerprint density at radius 1 is 1.13 bits per heavy atom. The third-order valence-corrected chi connectivity index (χ3v) is 6.65. The first-order valence-electron chi connectivity index (χ1n) is 9.40. The molecule has 4 aromatic rings. The van der Waals surface area contributed by atoms with Gasteiger partial charge in [-0.25, -0.2) is 15.2 Å². The molecule has 0 atom stereocenters. The average molecular weight is 451 g/mol. The number of nitrogens with two attached hydrogens (primary N) is 1. The van der Waals surface area contributed by atoms with Gasteiger partial charge in [0.25, 0.3) is 0 Å². The minimum absolute atomic E-state index is 0.256. The van der Waals surface area contributed by atoms with Crippen LogP contribution in [-0.4, -0.2) is 29.8 Å². The molecule has 9 heteroatoms. The molecule has 3 aromatic heterocycles. The Labute approximate surface area is 186 Å². The molecule has 3 heterocycles. The summed E-state index contributed by atoms with van der Waals surface area (Å²) >= 11 is 3.04. The average Bonchev–Trinajstić information content (AvgIpc) is 3.45. The van der Waals surface area contributed by atoms with Crippen LogP contribution in [0.3, 0.4) is 0 Å². The number of urea groups is 1. The second-order valence-corrected chi connectivity index (χ2v) is 8.58. The highest BCUT2D eigenvalue weighted by atomic mass is 32.1. The van der Waals surface area contributed by atoms with Crippen molar-refractivity contribution >= 4 is 51.8 Å². The molecule has 0 radical (unpaired) electrons. The highest BCUT2D eigenvalue weighted by Gasteiger charge is 2.16. The van der Waals surface area contributed by atoms with Crippen molar-refractivity contribution in [2.75, 3.05) is 6.61 Å². The quantitative estimate of drug-likeness (QED) is 0.189. The molecule has 0 aliphatic rings. The van der Waals surface area contributed by atoms with Crippen LogP contribution in [0, 0.1) is 0 Å². The van der Waals surface area contributed by atoms with Crippen molar-refractivity contribution in [3.8, 4) is 20.3 Å². The van der Waals surface area contributed by atoms with Gasteiger partial charge in [-0.3, -0.25) is 4.79 Å². The molecule has 0 aliphatic carbocycles. The largest absolute Gasteiger partial charge is 0.477 e. The summed E-state index contributed by atoms with van der Waals surface area (Å²) in [4.78, 5) is 30.7. The van der Waals surface area contributed by atoms with Crippen LogP contribution in [0.25, 0.3) is 31.2 Å². The Kier molecular flexibility index (Phi) is 6.06. The van der Waals surface area contributed by atoms with Gasteiger partial charge in [0.2, 0.25) is 5.90 Å². The zero-order chi connectivity index (χ0) is 21.8. The topological polar surface area (TPSA) is 107 Å². The number of rotatable bonds is 6. The molecule has 4 rings (SSSR count). The molecule has 0 bridgehead atoms. The maximum Gasteiger partial charge on any atom is 0.332 e. The summed E-state index contributed by atoms with van der Waals surface area (Å²) in [5.41, 5.74) is 9.64. The summed E-state index contributed by atoms with van der Waals surface area (Å²) in [6, 6.07) is 16.5. The van der Waals surface area contributed by atoms with Crippen molar-refractivity contribution in [3.63, 3.8) is 0 Å². The van der Waals surface area contributed by atoms with Crippen molar-refractivity contribution in [1.82, 2.24) is 10.4 Å². The number of para-hydroxylation sites is 1. The Bertz CT molecular complexity index is 1290. The predicted octanol–water partition coefficient (Wildman–Crippen LogP) is 4.87. The van der Waals surface area contributed by atoms with Gasteiger partial charge in [0.1, 0.15) is 0 Å². The summed E-state index contributed by atoms with van der Waals surface area (Å²) in [5, 5.41) is 4.89. The van der Waals surface area contributed by atoms with E-state index in [9.17, 15) is 9.59 Å². The summed E-state index contributed by atoms with van der Waals surface area (Å²) in [7, 11) is 0. The highest BCUT2D eigenvalue weighted by Crippen LogP contribution is 2.38. The van der Waals surface area contributed by atoms with E-state index < -0.39 is 6.03 Å². The molecule has 31 heavy (non-hydrogen) atoms. The number of carbonyl (C=O) groups is 2. The van der Waals surface area contributed by atoms with Crippen LogP contribution in [-0.2, 0) is 4.74 Å². The van der Waals surface area contributed by atoms with Crippen LogP contribution in [0.1, 0.15) is 22.2 Å². The molecule has 0 spiro atoms. The highest BCUT2D eigenvalue weighted by molar-refractivity contribution is 7.24. The van der Waals surface area contributed by atoms with E-state index in [-0.39, 0.29) is 5.90 Å². The third-order valence-electron chi connectivity index (χ3n) is 4.34. The van der Waals surface area contributed by atoms with E-state index in [0.717, 1.165) is 37.5 Å². The standard InChI is InChI=1S/C22H18N4O3S2/c1-2-29-21(25-26-22(23)28)15-11-17(24-16-6-4-3-5-14(15)16)18-9-10-20(31-18)19-8-7-13(12-27)30-19/h3-12H,2H2,1H3,(H3,23,26,28). The Hall–Kier alpha value is -3.56. The number of amides is 2. The number of carbonyl (C=O) groups excluding carboxylic acids is 2. The van der Waals surface area contributed by atoms with Crippen LogP contribution >= 0.6 is 22.7 Å². The predicted molar refractivity (Wildman–Crippen MR) is 125 cm³/mol. The first-order chi connectivity index (χ1) is 15.1. The number of hydrogen-bond donors (Lipinski definition) is 2. The second-order valence-electron chi connectivity index (χ2n) is 6.38. The van der Waals surface area contributed by atoms with Crippen LogP contribution in [0.2, 0.25) is 0 Å². The summed E-state index contributed by atoms with van der Waals surface area (Å²) in [6.07, 6.45) is 0.856. The van der Waals surface area contributed by atoms with Gasteiger partial charge >= 0.3 is 6.03 Å². The molecule has 0 saturated heterocycles. The number of pyridine rings is 1. The van der Waals surface area contributed by atoms with E-state index in [0.29, 0.717) is 17.0 Å². The molecule has 7 nitrogen and oxygen atoms in total. The van der Waals surface area contributed by atoms with Gasteiger partial charge < -0.3 is 10.5 Å². The van der Waals surface area contributed by atoms with Gasteiger partial charge in [0.15, 0.2) is 6.29 Å². The number of benzene rings is 1. The summed E-state index contributed by atoms with van der Waals surface area (Å²) in [5.74, 6) is 0.256. The van der Waals surface area contributed by atoms with E-state index in [1.165, 1.54) is 11.3 Å². The molecule has 2 amide bonds. The molecule has 0 aliphatic heterocycles. The number of fused-ring (bicyclic) bond motifs is 1. The Balaban J connectivity index is 1.81. The van der Waals surface area contributed by atoms with Gasteiger partial charge in [0, 0.05) is 20.7 Å². The fourth-order valence-corrected chi connectivity index (χ4v) is 4.93. The van der Waals surface area contributed by atoms with E-state index in [2.05, 4.69) is 10.5 Å². The van der Waals surface area contributed by atoms with Crippen LogP contribution in [0.4, 0.5) is 4.79 Å². The number of hydrogen-bond acceptors (Lipinski definition) is 7. The van der Waals surface area contributed by atoms with Crippen LogP contribution in [0.5, 0.6) is 0 Å².